The standard InChI is InChI=1S/C37H55N11O9/c1-20(43-32(51)28(11-4-5-15-38)48-19-26-22(18-29(48)36(56)57)21-8-2-3-9-23(21)44-26)34(53)47-17-7-12-27(47)33(52)45-24(10-6-16-42-37(40)41)31(50)46-25(35(54)55)13-14-30(39)49/h2-3,8-9,20,24-25,27-29,44H,4-7,10-19,38H2,1H3,(H2,39,49)(H,43,51)(H,45,52)(H,46,50)(H,54,55)(H,56,57)(H4,40,41,42)/t20-,24-,25-,27-,28-,29-/m0/s1. The van der Waals surface area contributed by atoms with Crippen LogP contribution in [0.3, 0.4) is 0 Å². The number of carboxylic acids is 2. The van der Waals surface area contributed by atoms with E-state index in [9.17, 15) is 43.8 Å². The number of benzene rings is 1. The Balaban J connectivity index is 1.48. The predicted molar refractivity (Wildman–Crippen MR) is 208 cm³/mol. The normalized spacial score (nSPS) is 18.7. The summed E-state index contributed by atoms with van der Waals surface area (Å²) in [7, 11) is 0. The Labute approximate surface area is 329 Å². The Morgan fingerprint density at radius 1 is 0.912 bits per heavy atom. The third-order valence-electron chi connectivity index (χ3n) is 10.4. The molecule has 0 bridgehead atoms. The van der Waals surface area contributed by atoms with Gasteiger partial charge in [0, 0.05) is 49.1 Å². The van der Waals surface area contributed by atoms with Crippen LogP contribution >= 0.6 is 0 Å². The Morgan fingerprint density at radius 3 is 2.32 bits per heavy atom. The van der Waals surface area contributed by atoms with Crippen molar-refractivity contribution in [3.63, 3.8) is 0 Å². The van der Waals surface area contributed by atoms with E-state index in [0.29, 0.717) is 25.8 Å². The molecule has 0 radical (unpaired) electrons. The van der Waals surface area contributed by atoms with Gasteiger partial charge in [0.2, 0.25) is 29.5 Å². The summed E-state index contributed by atoms with van der Waals surface area (Å²) in [6, 6.07) is 0.827. The second-order valence-electron chi connectivity index (χ2n) is 14.5. The molecule has 0 unspecified atom stereocenters. The molecule has 2 aromatic rings. The average Bonchev–Trinajstić information content (AvgIpc) is 3.80. The van der Waals surface area contributed by atoms with Gasteiger partial charge >= 0.3 is 11.9 Å². The predicted octanol–water partition coefficient (Wildman–Crippen LogP) is -1.65. The van der Waals surface area contributed by atoms with Gasteiger partial charge in [0.1, 0.15) is 30.2 Å². The maximum Gasteiger partial charge on any atom is 0.326 e. The number of primary amides is 1. The van der Waals surface area contributed by atoms with Crippen LogP contribution in [0, 0.1) is 0 Å². The number of nitrogens with two attached hydrogens (primary N) is 4. The molecule has 1 saturated heterocycles. The summed E-state index contributed by atoms with van der Waals surface area (Å²) in [6.07, 6.45) is 1.94. The molecule has 14 N–H and O–H groups in total. The maximum absolute atomic E-state index is 14.1. The summed E-state index contributed by atoms with van der Waals surface area (Å²) in [6.45, 7) is 2.33. The monoisotopic (exact) mass is 797 g/mol. The molecule has 3 heterocycles. The highest BCUT2D eigenvalue weighted by molar-refractivity contribution is 5.96. The summed E-state index contributed by atoms with van der Waals surface area (Å²) in [5.41, 5.74) is 24.3. The summed E-state index contributed by atoms with van der Waals surface area (Å²) in [5.74, 6) is -6.01. The first-order valence-corrected chi connectivity index (χ1v) is 19.2. The number of H-pyrrole nitrogens is 1. The number of rotatable bonds is 21. The van der Waals surface area contributed by atoms with Crippen LogP contribution in [-0.2, 0) is 46.5 Å². The highest BCUT2D eigenvalue weighted by Crippen LogP contribution is 2.32. The number of guanidine groups is 1. The fraction of sp³-hybridized carbons (Fsp3) is 0.568. The summed E-state index contributed by atoms with van der Waals surface area (Å²) in [4.78, 5) is 101. The summed E-state index contributed by atoms with van der Waals surface area (Å²) < 4.78 is 0. The van der Waals surface area contributed by atoms with Crippen molar-refractivity contribution < 1.29 is 43.8 Å². The molecule has 5 amide bonds. The number of carboxylic acid groups (broad SMARTS) is 2. The highest BCUT2D eigenvalue weighted by atomic mass is 16.4. The molecule has 57 heavy (non-hydrogen) atoms. The minimum absolute atomic E-state index is 0.00300. The molecule has 0 spiro atoms. The number of hydrogen-bond donors (Lipinski definition) is 10. The van der Waals surface area contributed by atoms with Gasteiger partial charge in [-0.15, -0.1) is 0 Å². The number of likely N-dealkylation sites (tertiary alicyclic amines) is 1. The van der Waals surface area contributed by atoms with Crippen molar-refractivity contribution in [2.24, 2.45) is 27.9 Å². The van der Waals surface area contributed by atoms with Crippen molar-refractivity contribution in [1.29, 1.82) is 0 Å². The van der Waals surface area contributed by atoms with Crippen molar-refractivity contribution >= 4 is 58.3 Å². The van der Waals surface area contributed by atoms with Gasteiger partial charge in [-0.25, -0.2) is 4.79 Å². The van der Waals surface area contributed by atoms with Crippen LogP contribution in [0.1, 0.15) is 76.0 Å². The number of aromatic amines is 1. The van der Waals surface area contributed by atoms with Crippen molar-refractivity contribution in [2.75, 3.05) is 19.6 Å². The number of carbonyl (C=O) groups is 7. The highest BCUT2D eigenvalue weighted by Gasteiger charge is 2.42. The zero-order valence-electron chi connectivity index (χ0n) is 32.1. The smallest absolute Gasteiger partial charge is 0.326 e. The average molecular weight is 798 g/mol. The molecule has 6 atom stereocenters. The SMILES string of the molecule is C[C@H](NC(=O)[C@H](CCCCN)N1Cc2[nH]c3ccccc3c2C[C@H]1C(=O)O)C(=O)N1CCC[C@H]1C(=O)N[C@@H](CCCN=C(N)N)C(=O)N[C@@H](CCC(N)=O)C(=O)O. The van der Waals surface area contributed by atoms with E-state index in [1.807, 2.05) is 24.3 Å². The molecule has 2 aliphatic rings. The van der Waals surface area contributed by atoms with E-state index in [0.717, 1.165) is 22.2 Å². The van der Waals surface area contributed by atoms with E-state index < -0.39 is 77.7 Å². The zero-order valence-corrected chi connectivity index (χ0v) is 32.1. The molecule has 2 aliphatic heterocycles. The van der Waals surface area contributed by atoms with Gasteiger partial charge in [-0.1, -0.05) is 24.6 Å². The molecule has 4 rings (SSSR count). The van der Waals surface area contributed by atoms with Crippen LogP contribution in [0.15, 0.2) is 29.3 Å². The first-order chi connectivity index (χ1) is 27.1. The van der Waals surface area contributed by atoms with E-state index >= 15 is 0 Å². The molecule has 20 nitrogen and oxygen atoms in total. The van der Waals surface area contributed by atoms with Crippen LogP contribution in [0.5, 0.6) is 0 Å². The lowest BCUT2D eigenvalue weighted by molar-refractivity contribution is -0.148. The van der Waals surface area contributed by atoms with Gasteiger partial charge in [0.25, 0.3) is 0 Å². The second-order valence-corrected chi connectivity index (χ2v) is 14.5. The molecule has 1 aromatic heterocycles. The number of nitrogens with zero attached hydrogens (tertiary/aromatic N) is 3. The first kappa shape index (κ1) is 44.0. The minimum atomic E-state index is -1.46. The summed E-state index contributed by atoms with van der Waals surface area (Å²) in [5, 5.41) is 28.7. The summed E-state index contributed by atoms with van der Waals surface area (Å²) >= 11 is 0. The number of nitrogens with one attached hydrogen (secondary N) is 4. The quantitative estimate of drug-likeness (QED) is 0.0385. The lowest BCUT2D eigenvalue weighted by Gasteiger charge is -2.39. The molecular formula is C37H55N11O9. The van der Waals surface area contributed by atoms with E-state index in [-0.39, 0.29) is 70.5 Å². The number of carbonyl (C=O) groups excluding carboxylic acids is 5. The fourth-order valence-corrected chi connectivity index (χ4v) is 7.49. The van der Waals surface area contributed by atoms with Crippen molar-refractivity contribution in [3.8, 4) is 0 Å². The molecule has 312 valence electrons. The number of unbranched alkanes of at least 4 members (excludes halogenated alkanes) is 1. The van der Waals surface area contributed by atoms with E-state index in [1.54, 1.807) is 4.90 Å². The lowest BCUT2D eigenvalue weighted by atomic mass is 9.93. The number of fused-ring (bicyclic) bond motifs is 3. The van der Waals surface area contributed by atoms with Crippen LogP contribution < -0.4 is 38.9 Å². The third-order valence-corrected chi connectivity index (χ3v) is 10.4. The van der Waals surface area contributed by atoms with Gasteiger partial charge in [-0.3, -0.25) is 38.7 Å². The number of hydrogen-bond acceptors (Lipinski definition) is 10. The second kappa shape index (κ2) is 20.4. The zero-order chi connectivity index (χ0) is 41.8. The van der Waals surface area contributed by atoms with Crippen LogP contribution in [0.4, 0.5) is 0 Å². The number of amides is 5. The third kappa shape index (κ3) is 11.6. The topological polar surface area (TPSA) is 335 Å². The molecular weight excluding hydrogens is 742 g/mol. The molecule has 1 aromatic carbocycles. The number of aliphatic carboxylic acids is 2. The molecule has 0 saturated carbocycles. The van der Waals surface area contributed by atoms with Gasteiger partial charge in [0.15, 0.2) is 5.96 Å². The molecule has 20 heteroatoms. The van der Waals surface area contributed by atoms with E-state index in [2.05, 4.69) is 25.9 Å². The van der Waals surface area contributed by atoms with Gasteiger partial charge in [-0.05, 0) is 70.0 Å². The van der Waals surface area contributed by atoms with Gasteiger partial charge in [-0.2, -0.15) is 0 Å². The fourth-order valence-electron chi connectivity index (χ4n) is 7.49. The van der Waals surface area contributed by atoms with Crippen LogP contribution in [-0.4, -0.2) is 128 Å². The van der Waals surface area contributed by atoms with E-state index in [1.165, 1.54) is 11.8 Å². The Hall–Kier alpha value is -5.76. The van der Waals surface area contributed by atoms with Gasteiger partial charge < -0.3 is 59.0 Å². The van der Waals surface area contributed by atoms with Crippen molar-refractivity contribution in [3.05, 3.63) is 35.5 Å². The molecule has 1 fully saturated rings. The lowest BCUT2D eigenvalue weighted by Crippen LogP contribution is -2.59. The number of aliphatic imine (C=N–C) groups is 1. The Morgan fingerprint density at radius 2 is 1.65 bits per heavy atom. The van der Waals surface area contributed by atoms with Gasteiger partial charge in [0.05, 0.1) is 6.04 Å². The van der Waals surface area contributed by atoms with Crippen LogP contribution in [0.25, 0.3) is 10.9 Å². The van der Waals surface area contributed by atoms with Crippen molar-refractivity contribution in [2.45, 2.75) is 114 Å². The van der Waals surface area contributed by atoms with Crippen molar-refractivity contribution in [1.82, 2.24) is 30.7 Å². The Bertz CT molecular complexity index is 1830. The number of aromatic nitrogens is 1. The largest absolute Gasteiger partial charge is 0.480 e. The minimum Gasteiger partial charge on any atom is -0.480 e. The number of para-hydroxylation sites is 1. The maximum atomic E-state index is 14.1. The first-order valence-electron chi connectivity index (χ1n) is 19.2. The molecule has 0 aliphatic carbocycles. The van der Waals surface area contributed by atoms with E-state index in [4.69, 9.17) is 22.9 Å². The Kier molecular flexibility index (Phi) is 15.7. The van der Waals surface area contributed by atoms with Crippen LogP contribution in [0.2, 0.25) is 0 Å².